The molecular weight excluding hydrogens is 735 g/mol. The first-order chi connectivity index (χ1) is 30.0. The summed E-state index contributed by atoms with van der Waals surface area (Å²) in [6.45, 7) is 7.67. The molecule has 0 amide bonds. The molecule has 2 aliphatic heterocycles. The highest BCUT2D eigenvalue weighted by molar-refractivity contribution is 6.90. The number of fused-ring (bicyclic) bond motifs is 4. The first-order valence-corrected chi connectivity index (χ1v) is 24.7. The van der Waals surface area contributed by atoms with E-state index >= 15 is 0 Å². The van der Waals surface area contributed by atoms with E-state index in [2.05, 4.69) is 152 Å². The smallest absolute Gasteiger partial charge is 0.225 e. The molecule has 61 heavy (non-hydrogen) atoms. The third-order valence-corrected chi connectivity index (χ3v) is 17.1. The Hall–Kier alpha value is -4.50. The monoisotopic (exact) mass is 803 g/mol. The molecule has 5 aliphatic carbocycles. The molecule has 0 radical (unpaired) electrons. The van der Waals surface area contributed by atoms with Gasteiger partial charge in [-0.3, -0.25) is 0 Å². The van der Waals surface area contributed by atoms with Gasteiger partial charge in [0.2, 0.25) is 6.71 Å². The van der Waals surface area contributed by atoms with Crippen LogP contribution in [0.2, 0.25) is 5.82 Å². The topological polar surface area (TPSA) is 6.48 Å². The fraction of sp³-hybridized carbons (Fsp3) is 0.448. The van der Waals surface area contributed by atoms with Crippen LogP contribution in [0.15, 0.2) is 144 Å². The molecule has 4 aromatic carbocycles. The van der Waals surface area contributed by atoms with Crippen LogP contribution in [0.4, 0.5) is 11.4 Å². The summed E-state index contributed by atoms with van der Waals surface area (Å²) >= 11 is 0. The maximum Gasteiger partial charge on any atom is 0.225 e. The molecule has 2 nitrogen and oxygen atoms in total. The second-order valence-electron chi connectivity index (χ2n) is 20.7. The predicted molar refractivity (Wildman–Crippen MR) is 260 cm³/mol. The van der Waals surface area contributed by atoms with Crippen molar-refractivity contribution in [3.8, 4) is 0 Å². The van der Waals surface area contributed by atoms with Crippen molar-refractivity contribution in [2.45, 2.75) is 147 Å². The van der Waals surface area contributed by atoms with E-state index in [4.69, 9.17) is 0 Å². The van der Waals surface area contributed by atoms with Crippen LogP contribution in [0.1, 0.15) is 145 Å². The van der Waals surface area contributed by atoms with Gasteiger partial charge in [0.05, 0.1) is 0 Å². The number of rotatable bonds is 7. The van der Waals surface area contributed by atoms with Crippen molar-refractivity contribution < 1.29 is 0 Å². The van der Waals surface area contributed by atoms with Crippen LogP contribution in [-0.2, 0) is 5.41 Å². The van der Waals surface area contributed by atoms with Crippen molar-refractivity contribution in [3.05, 3.63) is 166 Å². The zero-order chi connectivity index (χ0) is 41.1. The Labute approximate surface area is 368 Å². The molecule has 4 atom stereocenters. The molecule has 11 rings (SSSR count). The summed E-state index contributed by atoms with van der Waals surface area (Å²) in [7, 11) is 0. The minimum atomic E-state index is -0.212. The van der Waals surface area contributed by atoms with Gasteiger partial charge in [-0.15, -0.1) is 0 Å². The Balaban J connectivity index is 1.16. The zero-order valence-corrected chi connectivity index (χ0v) is 37.3. The fourth-order valence-corrected chi connectivity index (χ4v) is 13.7. The molecule has 0 spiro atoms. The van der Waals surface area contributed by atoms with Crippen molar-refractivity contribution in [1.82, 2.24) is 0 Å². The number of hydrogen-bond acceptors (Lipinski definition) is 2. The number of hydrogen-bond donors (Lipinski definition) is 0. The Morgan fingerprint density at radius 1 is 0.639 bits per heavy atom. The molecule has 312 valence electrons. The molecule has 0 saturated heterocycles. The molecule has 2 heterocycles. The van der Waals surface area contributed by atoms with E-state index in [1.807, 2.05) is 0 Å². The second kappa shape index (κ2) is 16.3. The molecule has 3 heteroatoms. The van der Waals surface area contributed by atoms with Crippen LogP contribution in [0.25, 0.3) is 0 Å². The van der Waals surface area contributed by atoms with Gasteiger partial charge >= 0.3 is 0 Å². The average Bonchev–Trinajstić information content (AvgIpc) is 3.32. The van der Waals surface area contributed by atoms with Crippen LogP contribution < -0.4 is 20.7 Å². The van der Waals surface area contributed by atoms with E-state index in [9.17, 15) is 0 Å². The van der Waals surface area contributed by atoms with Gasteiger partial charge in [-0.2, -0.15) is 0 Å². The normalized spacial score (nSPS) is 25.7. The molecule has 0 bridgehead atoms. The van der Waals surface area contributed by atoms with E-state index in [0.29, 0.717) is 24.5 Å². The van der Waals surface area contributed by atoms with Crippen LogP contribution in [-0.4, -0.2) is 12.8 Å². The number of anilines is 2. The third kappa shape index (κ3) is 6.92. The predicted octanol–water partition coefficient (Wildman–Crippen LogP) is 13.8. The van der Waals surface area contributed by atoms with Crippen LogP contribution in [0.3, 0.4) is 0 Å². The third-order valence-electron chi connectivity index (χ3n) is 17.1. The Bertz CT molecular complexity index is 2330. The van der Waals surface area contributed by atoms with Crippen molar-refractivity contribution >= 4 is 29.0 Å². The summed E-state index contributed by atoms with van der Waals surface area (Å²) in [6.07, 6.45) is 31.4. The molecule has 2 saturated carbocycles. The van der Waals surface area contributed by atoms with Gasteiger partial charge in [0, 0.05) is 45.7 Å². The van der Waals surface area contributed by atoms with Gasteiger partial charge in [-0.25, -0.2) is 0 Å². The van der Waals surface area contributed by atoms with E-state index in [1.54, 1.807) is 33.5 Å². The highest BCUT2D eigenvalue weighted by atomic mass is 15.2. The van der Waals surface area contributed by atoms with Gasteiger partial charge in [-0.05, 0) is 141 Å². The highest BCUT2D eigenvalue weighted by Crippen LogP contribution is 2.56. The Morgan fingerprint density at radius 2 is 1.31 bits per heavy atom. The average molecular weight is 803 g/mol. The summed E-state index contributed by atoms with van der Waals surface area (Å²) in [6, 6.07) is 38.8. The van der Waals surface area contributed by atoms with Crippen molar-refractivity contribution in [2.75, 3.05) is 9.80 Å². The van der Waals surface area contributed by atoms with E-state index in [0.717, 1.165) is 31.1 Å². The summed E-state index contributed by atoms with van der Waals surface area (Å²) in [5.41, 5.74) is 18.0. The lowest BCUT2D eigenvalue weighted by atomic mass is 9.27. The lowest BCUT2D eigenvalue weighted by Crippen LogP contribution is -2.66. The Morgan fingerprint density at radius 3 is 1.97 bits per heavy atom. The van der Waals surface area contributed by atoms with Crippen LogP contribution in [0.5, 0.6) is 0 Å². The summed E-state index contributed by atoms with van der Waals surface area (Å²) < 4.78 is 0. The molecule has 0 N–H and O–H groups in total. The Kier molecular flexibility index (Phi) is 10.5. The van der Waals surface area contributed by atoms with Gasteiger partial charge in [0.1, 0.15) is 0 Å². The van der Waals surface area contributed by atoms with Crippen molar-refractivity contribution in [2.24, 2.45) is 17.8 Å². The SMILES string of the molecule is Cc1ccc2c(c1)B1c3cc(C4CCCCC4)ccc3N(C3=CCC(C)CC3)C3CC(C(C)(c4ccccc4)c4ccccc4)C=C(C13)N2C1=CC=C(C2CCCCC2)CC1. The number of nitrogens with zero attached hydrogens (tertiary/aromatic N) is 2. The quantitative estimate of drug-likeness (QED) is 0.172. The van der Waals surface area contributed by atoms with Crippen LogP contribution in [0, 0.1) is 24.7 Å². The van der Waals surface area contributed by atoms with Gasteiger partial charge in [-0.1, -0.05) is 167 Å². The van der Waals surface area contributed by atoms with Gasteiger partial charge in [0.25, 0.3) is 0 Å². The lowest BCUT2D eigenvalue weighted by molar-refractivity contribution is 0.333. The molecule has 4 unspecified atom stereocenters. The molecule has 7 aliphatic rings. The zero-order valence-electron chi connectivity index (χ0n) is 37.3. The summed E-state index contributed by atoms with van der Waals surface area (Å²) in [5, 5.41) is 0. The standard InChI is InChI=1S/C58H67BN2/c1-40-24-30-49(31-25-40)60-54-35-29-45(43-18-10-5-11-19-43)37-52(54)59-51-36-41(2)26-34-53(51)61(50-32-27-44(28-33-50)42-16-8-4-9-17-42)56-39-48(38-55(60)57(56)59)58(3,46-20-12-6-13-21-46)47-22-14-7-15-23-47/h6-7,12-15,20-23,26-27,29-30,32,34-37,39-40,42-43,48,55,57H,4-5,8-11,16-19,24-25,28,31,33,38H2,1-3H3. The van der Waals surface area contributed by atoms with Crippen LogP contribution >= 0.6 is 0 Å². The van der Waals surface area contributed by atoms with Gasteiger partial charge < -0.3 is 9.80 Å². The first kappa shape index (κ1) is 39.4. The lowest BCUT2D eigenvalue weighted by Gasteiger charge is -2.58. The maximum atomic E-state index is 2.96. The highest BCUT2D eigenvalue weighted by Gasteiger charge is 2.56. The van der Waals surface area contributed by atoms with Crippen molar-refractivity contribution in [1.29, 1.82) is 0 Å². The number of benzene rings is 4. The second-order valence-corrected chi connectivity index (χ2v) is 20.7. The largest absolute Gasteiger partial charge is 0.343 e. The molecule has 0 aromatic heterocycles. The molecular formula is C58H67BN2. The minimum Gasteiger partial charge on any atom is -0.343 e. The first-order valence-electron chi connectivity index (χ1n) is 24.7. The number of aryl methyl sites for hydroxylation is 1. The van der Waals surface area contributed by atoms with E-state index in [1.165, 1.54) is 117 Å². The van der Waals surface area contributed by atoms with Gasteiger partial charge in [0.15, 0.2) is 0 Å². The van der Waals surface area contributed by atoms with Crippen molar-refractivity contribution in [3.63, 3.8) is 0 Å². The fourth-order valence-electron chi connectivity index (χ4n) is 13.7. The molecule has 4 aromatic rings. The minimum absolute atomic E-state index is 0.212. The summed E-state index contributed by atoms with van der Waals surface area (Å²) in [4.78, 5) is 5.80. The molecule has 2 fully saturated rings. The summed E-state index contributed by atoms with van der Waals surface area (Å²) in [5.74, 6) is 2.84. The number of allylic oxidation sites excluding steroid dienone is 7. The van der Waals surface area contributed by atoms with E-state index < -0.39 is 0 Å². The maximum absolute atomic E-state index is 2.96. The van der Waals surface area contributed by atoms with E-state index in [-0.39, 0.29) is 11.3 Å².